The molecule has 0 fully saturated rings. The fourth-order valence-electron chi connectivity index (χ4n) is 3.34. The van der Waals surface area contributed by atoms with Crippen LogP contribution in [0.25, 0.3) is 0 Å². The van der Waals surface area contributed by atoms with E-state index in [1.165, 1.54) is 5.56 Å². The Morgan fingerprint density at radius 3 is 2.61 bits per heavy atom. The summed E-state index contributed by atoms with van der Waals surface area (Å²) in [5.74, 6) is 2.29. The molecular weight excluding hydrogens is 354 g/mol. The van der Waals surface area contributed by atoms with Crippen LogP contribution in [0.4, 0.5) is 0 Å². The molecule has 1 aliphatic heterocycles. The zero-order chi connectivity index (χ0) is 19.2. The number of carbonyl (C=O) groups excluding carboxylic acids is 1. The number of aryl methyl sites for hydroxylation is 1. The van der Waals surface area contributed by atoms with Crippen molar-refractivity contribution in [3.8, 4) is 11.5 Å². The minimum Gasteiger partial charge on any atom is -0.467 e. The van der Waals surface area contributed by atoms with Crippen molar-refractivity contribution < 1.29 is 18.7 Å². The molecule has 0 spiro atoms. The van der Waals surface area contributed by atoms with Crippen molar-refractivity contribution in [1.82, 2.24) is 4.90 Å². The average molecular weight is 377 g/mol. The Morgan fingerprint density at radius 2 is 1.79 bits per heavy atom. The molecule has 2 aromatic carbocycles. The molecule has 0 unspecified atom stereocenters. The fraction of sp³-hybridized carbons (Fsp3) is 0.261. The number of rotatable bonds is 8. The van der Waals surface area contributed by atoms with Crippen LogP contribution in [0.15, 0.2) is 71.3 Å². The predicted molar refractivity (Wildman–Crippen MR) is 105 cm³/mol. The summed E-state index contributed by atoms with van der Waals surface area (Å²) in [7, 11) is 0. The zero-order valence-electron chi connectivity index (χ0n) is 15.7. The molecule has 28 heavy (non-hydrogen) atoms. The molecule has 4 rings (SSSR count). The van der Waals surface area contributed by atoms with E-state index in [9.17, 15) is 4.79 Å². The van der Waals surface area contributed by atoms with Crippen molar-refractivity contribution in [1.29, 1.82) is 0 Å². The molecule has 0 atom stereocenters. The number of furan rings is 1. The van der Waals surface area contributed by atoms with Gasteiger partial charge in [0, 0.05) is 6.54 Å². The third-order valence-electron chi connectivity index (χ3n) is 4.81. The highest BCUT2D eigenvalue weighted by Crippen LogP contribution is 2.32. The van der Waals surface area contributed by atoms with Gasteiger partial charge in [0.15, 0.2) is 11.5 Å². The Kier molecular flexibility index (Phi) is 5.61. The van der Waals surface area contributed by atoms with Crippen LogP contribution in [0, 0.1) is 0 Å². The SMILES string of the molecule is O=C(Cc1ccc2c(c1)OCO2)N(CCCc1ccccc1)Cc1ccco1. The third-order valence-corrected chi connectivity index (χ3v) is 4.81. The highest BCUT2D eigenvalue weighted by atomic mass is 16.7. The molecule has 5 heteroatoms. The lowest BCUT2D eigenvalue weighted by Crippen LogP contribution is -2.33. The third kappa shape index (κ3) is 4.55. The zero-order valence-corrected chi connectivity index (χ0v) is 15.7. The summed E-state index contributed by atoms with van der Waals surface area (Å²) in [5.41, 5.74) is 2.20. The number of amides is 1. The molecule has 1 aliphatic rings. The Hall–Kier alpha value is -3.21. The van der Waals surface area contributed by atoms with Gasteiger partial charge in [-0.15, -0.1) is 0 Å². The van der Waals surface area contributed by atoms with Crippen LogP contribution in [0.1, 0.15) is 23.3 Å². The largest absolute Gasteiger partial charge is 0.467 e. The minimum atomic E-state index is 0.0725. The highest BCUT2D eigenvalue weighted by Gasteiger charge is 2.18. The van der Waals surface area contributed by atoms with E-state index in [0.717, 1.165) is 29.9 Å². The van der Waals surface area contributed by atoms with Crippen molar-refractivity contribution in [2.75, 3.05) is 13.3 Å². The molecule has 2 heterocycles. The summed E-state index contributed by atoms with van der Waals surface area (Å²) < 4.78 is 16.2. The van der Waals surface area contributed by atoms with Gasteiger partial charge in [-0.1, -0.05) is 36.4 Å². The van der Waals surface area contributed by atoms with Crippen LogP contribution in [0.2, 0.25) is 0 Å². The topological polar surface area (TPSA) is 51.9 Å². The van der Waals surface area contributed by atoms with E-state index < -0.39 is 0 Å². The molecule has 5 nitrogen and oxygen atoms in total. The van der Waals surface area contributed by atoms with Gasteiger partial charge >= 0.3 is 0 Å². The number of hydrogen-bond donors (Lipinski definition) is 0. The maximum atomic E-state index is 13.0. The monoisotopic (exact) mass is 377 g/mol. The Morgan fingerprint density at radius 1 is 0.929 bits per heavy atom. The van der Waals surface area contributed by atoms with Crippen molar-refractivity contribution in [3.63, 3.8) is 0 Å². The van der Waals surface area contributed by atoms with E-state index in [1.54, 1.807) is 6.26 Å². The standard InChI is InChI=1S/C23H23NO4/c25-23(15-19-10-11-21-22(14-19)28-17-27-21)24(16-20-9-5-13-26-20)12-4-8-18-6-2-1-3-7-18/h1-3,5-7,9-11,13-14H,4,8,12,15-17H2. The van der Waals surface area contributed by atoms with Gasteiger partial charge < -0.3 is 18.8 Å². The molecule has 0 N–H and O–H groups in total. The van der Waals surface area contributed by atoms with Crippen LogP contribution < -0.4 is 9.47 Å². The van der Waals surface area contributed by atoms with Gasteiger partial charge in [0.1, 0.15) is 5.76 Å². The molecule has 1 amide bonds. The summed E-state index contributed by atoms with van der Waals surface area (Å²) >= 11 is 0. The van der Waals surface area contributed by atoms with Crippen molar-refractivity contribution >= 4 is 5.91 Å². The molecule has 0 radical (unpaired) electrons. The smallest absolute Gasteiger partial charge is 0.231 e. The van der Waals surface area contributed by atoms with Gasteiger partial charge in [0.2, 0.25) is 12.7 Å². The first-order valence-electron chi connectivity index (χ1n) is 9.50. The lowest BCUT2D eigenvalue weighted by Gasteiger charge is -2.22. The summed E-state index contributed by atoms with van der Waals surface area (Å²) in [4.78, 5) is 14.9. The summed E-state index contributed by atoms with van der Waals surface area (Å²) in [6, 6.07) is 19.7. The van der Waals surface area contributed by atoms with Crippen molar-refractivity contribution in [3.05, 3.63) is 83.8 Å². The lowest BCUT2D eigenvalue weighted by atomic mass is 10.1. The minimum absolute atomic E-state index is 0.0725. The van der Waals surface area contributed by atoms with E-state index in [2.05, 4.69) is 12.1 Å². The van der Waals surface area contributed by atoms with Gasteiger partial charge in [-0.3, -0.25) is 4.79 Å². The number of hydrogen-bond acceptors (Lipinski definition) is 4. The molecule has 0 saturated carbocycles. The van der Waals surface area contributed by atoms with Crippen LogP contribution in [0.3, 0.4) is 0 Å². The second-order valence-electron chi connectivity index (χ2n) is 6.85. The number of fused-ring (bicyclic) bond motifs is 1. The van der Waals surface area contributed by atoms with Crippen LogP contribution in [-0.2, 0) is 24.2 Å². The van der Waals surface area contributed by atoms with Crippen LogP contribution in [-0.4, -0.2) is 24.1 Å². The Labute approximate surface area is 164 Å². The van der Waals surface area contributed by atoms with Gasteiger partial charge in [-0.2, -0.15) is 0 Å². The van der Waals surface area contributed by atoms with Crippen LogP contribution >= 0.6 is 0 Å². The Bertz CT molecular complexity index is 906. The van der Waals surface area contributed by atoms with Crippen molar-refractivity contribution in [2.45, 2.75) is 25.8 Å². The number of carbonyl (C=O) groups is 1. The van der Waals surface area contributed by atoms with E-state index in [0.29, 0.717) is 25.3 Å². The molecule has 0 aliphatic carbocycles. The second-order valence-corrected chi connectivity index (χ2v) is 6.85. The normalized spacial score (nSPS) is 12.1. The van der Waals surface area contributed by atoms with E-state index in [-0.39, 0.29) is 12.7 Å². The maximum absolute atomic E-state index is 13.0. The summed E-state index contributed by atoms with van der Waals surface area (Å²) in [6.07, 6.45) is 3.80. The number of ether oxygens (including phenoxy) is 2. The first kappa shape index (κ1) is 18.2. The van der Waals surface area contributed by atoms with Gasteiger partial charge in [-0.25, -0.2) is 0 Å². The molecular formula is C23H23NO4. The van der Waals surface area contributed by atoms with Crippen molar-refractivity contribution in [2.24, 2.45) is 0 Å². The molecule has 0 saturated heterocycles. The molecule has 3 aromatic rings. The number of benzene rings is 2. The summed E-state index contributed by atoms with van der Waals surface area (Å²) in [6.45, 7) is 1.39. The maximum Gasteiger partial charge on any atom is 0.231 e. The molecule has 144 valence electrons. The molecule has 0 bridgehead atoms. The highest BCUT2D eigenvalue weighted by molar-refractivity contribution is 5.79. The summed E-state index contributed by atoms with van der Waals surface area (Å²) in [5, 5.41) is 0. The van der Waals surface area contributed by atoms with Crippen LogP contribution in [0.5, 0.6) is 11.5 Å². The van der Waals surface area contributed by atoms with E-state index >= 15 is 0 Å². The van der Waals surface area contributed by atoms with E-state index in [1.807, 2.05) is 53.4 Å². The number of nitrogens with zero attached hydrogens (tertiary/aromatic N) is 1. The van der Waals surface area contributed by atoms with E-state index in [4.69, 9.17) is 13.9 Å². The predicted octanol–water partition coefficient (Wildman–Crippen LogP) is 4.21. The second kappa shape index (κ2) is 8.65. The molecule has 1 aromatic heterocycles. The quantitative estimate of drug-likeness (QED) is 0.590. The first-order valence-corrected chi connectivity index (χ1v) is 9.50. The van der Waals surface area contributed by atoms with Gasteiger partial charge in [0.05, 0.1) is 19.2 Å². The van der Waals surface area contributed by atoms with Gasteiger partial charge in [-0.05, 0) is 48.2 Å². The Balaban J connectivity index is 1.40. The fourth-order valence-corrected chi connectivity index (χ4v) is 3.34. The average Bonchev–Trinajstić information content (AvgIpc) is 3.39. The van der Waals surface area contributed by atoms with Gasteiger partial charge in [0.25, 0.3) is 0 Å². The lowest BCUT2D eigenvalue weighted by molar-refractivity contribution is -0.131. The first-order chi connectivity index (χ1) is 13.8.